The number of rotatable bonds is 5. The molecule has 2 rings (SSSR count). The third-order valence-corrected chi connectivity index (χ3v) is 4.19. The summed E-state index contributed by atoms with van der Waals surface area (Å²) in [4.78, 5) is 26.9. The SMILES string of the molecule is CC(C)C(Sc1n[nH]c(C2CC2)n1)C(=O)NC(N)=O. The molecule has 0 radical (unpaired) electrons. The quantitative estimate of drug-likeness (QED) is 0.697. The highest BCUT2D eigenvalue weighted by molar-refractivity contribution is 8.00. The van der Waals surface area contributed by atoms with Crippen molar-refractivity contribution >= 4 is 23.7 Å². The fourth-order valence-corrected chi connectivity index (χ4v) is 2.56. The number of hydrogen-bond donors (Lipinski definition) is 3. The summed E-state index contributed by atoms with van der Waals surface area (Å²) in [5.74, 6) is 0.983. The molecule has 1 unspecified atom stereocenters. The van der Waals surface area contributed by atoms with Gasteiger partial charge < -0.3 is 5.73 Å². The van der Waals surface area contributed by atoms with Gasteiger partial charge in [0.15, 0.2) is 0 Å². The number of urea groups is 1. The van der Waals surface area contributed by atoms with E-state index in [1.54, 1.807) is 0 Å². The van der Waals surface area contributed by atoms with Crippen LogP contribution < -0.4 is 11.1 Å². The highest BCUT2D eigenvalue weighted by Crippen LogP contribution is 2.38. The summed E-state index contributed by atoms with van der Waals surface area (Å²) in [5, 5.41) is 9.16. The number of imide groups is 1. The zero-order chi connectivity index (χ0) is 14.0. The van der Waals surface area contributed by atoms with Crippen LogP contribution in [0.1, 0.15) is 38.4 Å². The number of nitrogens with one attached hydrogen (secondary N) is 2. The average Bonchev–Trinajstić information content (AvgIpc) is 3.05. The van der Waals surface area contributed by atoms with Crippen LogP contribution in [0.3, 0.4) is 0 Å². The highest BCUT2D eigenvalue weighted by atomic mass is 32.2. The van der Waals surface area contributed by atoms with E-state index in [4.69, 9.17) is 5.73 Å². The van der Waals surface area contributed by atoms with E-state index >= 15 is 0 Å². The predicted octanol–water partition coefficient (Wildman–Crippen LogP) is 0.994. The minimum atomic E-state index is -0.843. The van der Waals surface area contributed by atoms with Gasteiger partial charge in [0.2, 0.25) is 11.1 Å². The number of carbonyl (C=O) groups is 2. The molecule has 1 saturated carbocycles. The van der Waals surface area contributed by atoms with Gasteiger partial charge in [0.1, 0.15) is 5.82 Å². The summed E-state index contributed by atoms with van der Waals surface area (Å²) in [7, 11) is 0. The number of carbonyl (C=O) groups excluding carboxylic acids is 2. The summed E-state index contributed by atoms with van der Waals surface area (Å²) in [6.45, 7) is 3.79. The number of aromatic nitrogens is 3. The number of primary amides is 1. The maximum Gasteiger partial charge on any atom is 0.318 e. The van der Waals surface area contributed by atoms with E-state index in [1.165, 1.54) is 11.8 Å². The number of hydrogen-bond acceptors (Lipinski definition) is 5. The molecule has 0 bridgehead atoms. The molecule has 1 aliphatic carbocycles. The lowest BCUT2D eigenvalue weighted by molar-refractivity contribution is -0.120. The van der Waals surface area contributed by atoms with Gasteiger partial charge in [0, 0.05) is 5.92 Å². The molecular weight excluding hydrogens is 266 g/mol. The van der Waals surface area contributed by atoms with Gasteiger partial charge in [-0.15, -0.1) is 5.10 Å². The van der Waals surface area contributed by atoms with Crippen molar-refractivity contribution in [3.05, 3.63) is 5.82 Å². The molecular formula is C11H17N5O2S. The van der Waals surface area contributed by atoms with Gasteiger partial charge in [-0.3, -0.25) is 15.2 Å². The fourth-order valence-electron chi connectivity index (χ4n) is 1.65. The molecule has 7 nitrogen and oxygen atoms in total. The van der Waals surface area contributed by atoms with Gasteiger partial charge in [0.05, 0.1) is 5.25 Å². The molecule has 0 spiro atoms. The zero-order valence-corrected chi connectivity index (χ0v) is 11.7. The molecule has 3 amide bonds. The second kappa shape index (κ2) is 5.60. The third-order valence-electron chi connectivity index (χ3n) is 2.79. The molecule has 1 aliphatic rings. The number of H-pyrrole nitrogens is 1. The van der Waals surface area contributed by atoms with Crippen LogP contribution in [-0.4, -0.2) is 32.4 Å². The molecule has 19 heavy (non-hydrogen) atoms. The van der Waals surface area contributed by atoms with E-state index < -0.39 is 17.2 Å². The normalized spacial score (nSPS) is 16.4. The van der Waals surface area contributed by atoms with Crippen LogP contribution >= 0.6 is 11.8 Å². The molecule has 1 aromatic heterocycles. The first kappa shape index (κ1) is 13.9. The Bertz CT molecular complexity index is 483. The van der Waals surface area contributed by atoms with Crippen LogP contribution in [0, 0.1) is 5.92 Å². The lowest BCUT2D eigenvalue weighted by Crippen LogP contribution is -2.42. The van der Waals surface area contributed by atoms with Crippen LogP contribution in [0.15, 0.2) is 5.16 Å². The van der Waals surface area contributed by atoms with Gasteiger partial charge in [-0.05, 0) is 18.8 Å². The van der Waals surface area contributed by atoms with Crippen molar-refractivity contribution in [1.29, 1.82) is 0 Å². The lowest BCUT2D eigenvalue weighted by Gasteiger charge is -2.16. The minimum absolute atomic E-state index is 0.0345. The van der Waals surface area contributed by atoms with Crippen molar-refractivity contribution in [2.75, 3.05) is 0 Å². The molecule has 4 N–H and O–H groups in total. The molecule has 1 heterocycles. The molecule has 1 fully saturated rings. The summed E-state index contributed by atoms with van der Waals surface area (Å²) in [6.07, 6.45) is 2.27. The number of thioether (sulfide) groups is 1. The molecule has 0 aromatic carbocycles. The standard InChI is InChI=1S/C11H17N5O2S/c1-5(2)7(9(17)14-10(12)18)19-11-13-8(15-16-11)6-3-4-6/h5-7H,3-4H2,1-2H3,(H,13,15,16)(H3,12,14,17,18). The maximum atomic E-state index is 11.9. The van der Waals surface area contributed by atoms with E-state index in [0.29, 0.717) is 11.1 Å². The molecule has 1 aromatic rings. The summed E-state index contributed by atoms with van der Waals surface area (Å²) in [6, 6.07) is -0.843. The van der Waals surface area contributed by atoms with Crippen molar-refractivity contribution in [1.82, 2.24) is 20.5 Å². The molecule has 0 aliphatic heterocycles. The van der Waals surface area contributed by atoms with Gasteiger partial charge in [-0.1, -0.05) is 25.6 Å². The topological polar surface area (TPSA) is 114 Å². The largest absolute Gasteiger partial charge is 0.351 e. The third kappa shape index (κ3) is 3.69. The number of amides is 3. The van der Waals surface area contributed by atoms with Gasteiger partial charge in [-0.2, -0.15) is 0 Å². The Kier molecular flexibility index (Phi) is 4.08. The van der Waals surface area contributed by atoms with E-state index in [-0.39, 0.29) is 5.92 Å². The Hall–Kier alpha value is -1.57. The van der Waals surface area contributed by atoms with Crippen molar-refractivity contribution in [3.8, 4) is 0 Å². The summed E-state index contributed by atoms with van der Waals surface area (Å²) in [5.41, 5.74) is 4.96. The van der Waals surface area contributed by atoms with E-state index in [1.807, 2.05) is 13.8 Å². The number of aromatic amines is 1. The van der Waals surface area contributed by atoms with Crippen molar-refractivity contribution < 1.29 is 9.59 Å². The maximum absolute atomic E-state index is 11.9. The zero-order valence-electron chi connectivity index (χ0n) is 10.8. The van der Waals surface area contributed by atoms with Crippen molar-refractivity contribution in [3.63, 3.8) is 0 Å². The van der Waals surface area contributed by atoms with E-state index in [0.717, 1.165) is 18.7 Å². The first-order valence-corrected chi connectivity index (χ1v) is 7.04. The van der Waals surface area contributed by atoms with Gasteiger partial charge in [-0.25, -0.2) is 9.78 Å². The summed E-state index contributed by atoms with van der Waals surface area (Å²) >= 11 is 1.24. The van der Waals surface area contributed by atoms with E-state index in [9.17, 15) is 9.59 Å². The van der Waals surface area contributed by atoms with Crippen molar-refractivity contribution in [2.45, 2.75) is 43.0 Å². The van der Waals surface area contributed by atoms with Gasteiger partial charge in [0.25, 0.3) is 0 Å². The first-order valence-electron chi connectivity index (χ1n) is 6.16. The Balaban J connectivity index is 2.02. The van der Waals surface area contributed by atoms with E-state index in [2.05, 4.69) is 20.5 Å². The lowest BCUT2D eigenvalue weighted by atomic mass is 10.1. The molecule has 104 valence electrons. The number of nitrogens with two attached hydrogens (primary N) is 1. The predicted molar refractivity (Wildman–Crippen MR) is 70.6 cm³/mol. The molecule has 8 heteroatoms. The second-order valence-electron chi connectivity index (χ2n) is 4.91. The molecule has 0 saturated heterocycles. The van der Waals surface area contributed by atoms with Crippen LogP contribution in [-0.2, 0) is 4.79 Å². The first-order chi connectivity index (χ1) is 8.97. The van der Waals surface area contributed by atoms with Crippen LogP contribution in [0.25, 0.3) is 0 Å². The monoisotopic (exact) mass is 283 g/mol. The Morgan fingerprint density at radius 1 is 1.47 bits per heavy atom. The van der Waals surface area contributed by atoms with Crippen molar-refractivity contribution in [2.24, 2.45) is 11.7 Å². The Morgan fingerprint density at radius 3 is 2.68 bits per heavy atom. The van der Waals surface area contributed by atoms with Crippen LogP contribution in [0.4, 0.5) is 4.79 Å². The minimum Gasteiger partial charge on any atom is -0.351 e. The molecule has 1 atom stereocenters. The van der Waals surface area contributed by atoms with Crippen LogP contribution in [0.5, 0.6) is 0 Å². The van der Waals surface area contributed by atoms with Crippen LogP contribution in [0.2, 0.25) is 0 Å². The fraction of sp³-hybridized carbons (Fsp3) is 0.636. The summed E-state index contributed by atoms with van der Waals surface area (Å²) < 4.78 is 0. The smallest absolute Gasteiger partial charge is 0.318 e. The average molecular weight is 283 g/mol. The number of nitrogens with zero attached hydrogens (tertiary/aromatic N) is 2. The van der Waals surface area contributed by atoms with Gasteiger partial charge >= 0.3 is 6.03 Å². The highest BCUT2D eigenvalue weighted by Gasteiger charge is 2.29. The Labute approximate surface area is 115 Å². The second-order valence-corrected chi connectivity index (χ2v) is 6.02. The Morgan fingerprint density at radius 2 is 2.16 bits per heavy atom.